The van der Waals surface area contributed by atoms with Gasteiger partial charge in [0.05, 0.1) is 0 Å². The quantitative estimate of drug-likeness (QED) is 0.853. The fourth-order valence-electron chi connectivity index (χ4n) is 4.62. The third kappa shape index (κ3) is 2.23. The second-order valence-corrected chi connectivity index (χ2v) is 8.13. The van der Waals surface area contributed by atoms with Crippen molar-refractivity contribution in [2.45, 2.75) is 68.7 Å². The molecule has 0 radical (unpaired) electrons. The zero-order valence-corrected chi connectivity index (χ0v) is 12.6. The van der Waals surface area contributed by atoms with Crippen LogP contribution in [0.15, 0.2) is 0 Å². The first-order valence-electron chi connectivity index (χ1n) is 7.83. The van der Waals surface area contributed by atoms with Crippen molar-refractivity contribution in [2.24, 2.45) is 11.7 Å². The molecule has 2 nitrogen and oxygen atoms in total. The Hall–Kier alpha value is 0.270. The zero-order chi connectivity index (χ0) is 12.6. The topological polar surface area (TPSA) is 29.3 Å². The molecule has 3 heteroatoms. The Bertz CT molecular complexity index is 290. The van der Waals surface area contributed by atoms with Crippen LogP contribution in [0.25, 0.3) is 0 Å². The molecule has 1 aliphatic carbocycles. The van der Waals surface area contributed by atoms with Crippen LogP contribution in [0.2, 0.25) is 0 Å². The highest BCUT2D eigenvalue weighted by Gasteiger charge is 2.48. The average molecular weight is 268 g/mol. The monoisotopic (exact) mass is 268 g/mol. The van der Waals surface area contributed by atoms with Gasteiger partial charge in [-0.2, -0.15) is 11.8 Å². The van der Waals surface area contributed by atoms with Crippen molar-refractivity contribution in [1.29, 1.82) is 0 Å². The molecule has 3 rings (SSSR count). The van der Waals surface area contributed by atoms with Crippen molar-refractivity contribution in [2.75, 3.05) is 18.8 Å². The predicted octanol–water partition coefficient (Wildman–Crippen LogP) is 2.86. The van der Waals surface area contributed by atoms with Gasteiger partial charge in [-0.3, -0.25) is 4.90 Å². The van der Waals surface area contributed by atoms with Crippen molar-refractivity contribution < 1.29 is 0 Å². The SMILES string of the molecule is CC1CC(CN)(N2CCCC2C2CCCC2)CS1. The van der Waals surface area contributed by atoms with Gasteiger partial charge in [-0.1, -0.05) is 19.8 Å². The number of thioether (sulfide) groups is 1. The van der Waals surface area contributed by atoms with Crippen LogP contribution >= 0.6 is 11.8 Å². The third-order valence-corrected chi connectivity index (χ3v) is 6.98. The predicted molar refractivity (Wildman–Crippen MR) is 80.0 cm³/mol. The maximum absolute atomic E-state index is 6.22. The molecule has 18 heavy (non-hydrogen) atoms. The van der Waals surface area contributed by atoms with E-state index in [1.54, 1.807) is 0 Å². The summed E-state index contributed by atoms with van der Waals surface area (Å²) in [6.07, 6.45) is 10.0. The van der Waals surface area contributed by atoms with Crippen LogP contribution in [0.3, 0.4) is 0 Å². The molecule has 0 bridgehead atoms. The van der Waals surface area contributed by atoms with Crippen LogP contribution in [-0.4, -0.2) is 40.6 Å². The largest absolute Gasteiger partial charge is 0.329 e. The molecule has 2 saturated heterocycles. The lowest BCUT2D eigenvalue weighted by atomic mass is 9.88. The summed E-state index contributed by atoms with van der Waals surface area (Å²) >= 11 is 2.14. The van der Waals surface area contributed by atoms with Crippen molar-refractivity contribution in [3.8, 4) is 0 Å². The fourth-order valence-corrected chi connectivity index (χ4v) is 6.05. The molecule has 3 aliphatic rings. The van der Waals surface area contributed by atoms with E-state index in [9.17, 15) is 0 Å². The van der Waals surface area contributed by atoms with Gasteiger partial charge in [-0.05, 0) is 44.6 Å². The van der Waals surface area contributed by atoms with Crippen LogP contribution in [-0.2, 0) is 0 Å². The minimum atomic E-state index is 0.341. The average Bonchev–Trinajstić information content (AvgIpc) is 3.08. The second kappa shape index (κ2) is 5.34. The first kappa shape index (κ1) is 13.3. The van der Waals surface area contributed by atoms with E-state index in [0.717, 1.165) is 23.8 Å². The number of hydrogen-bond acceptors (Lipinski definition) is 3. The molecular weight excluding hydrogens is 240 g/mol. The summed E-state index contributed by atoms with van der Waals surface area (Å²) in [4.78, 5) is 2.86. The van der Waals surface area contributed by atoms with Gasteiger partial charge < -0.3 is 5.73 Å². The van der Waals surface area contributed by atoms with Gasteiger partial charge in [0, 0.05) is 29.1 Å². The second-order valence-electron chi connectivity index (χ2n) is 6.70. The molecule has 3 fully saturated rings. The number of nitrogens with two attached hydrogens (primary N) is 1. The normalized spacial score (nSPS) is 43.0. The minimum Gasteiger partial charge on any atom is -0.329 e. The Balaban J connectivity index is 1.76. The van der Waals surface area contributed by atoms with Gasteiger partial charge in [-0.15, -0.1) is 0 Å². The summed E-state index contributed by atoms with van der Waals surface area (Å²) in [6, 6.07) is 0.863. The highest BCUT2D eigenvalue weighted by atomic mass is 32.2. The Morgan fingerprint density at radius 1 is 1.22 bits per heavy atom. The van der Waals surface area contributed by atoms with Gasteiger partial charge in [0.25, 0.3) is 0 Å². The van der Waals surface area contributed by atoms with Crippen LogP contribution in [0.4, 0.5) is 0 Å². The fraction of sp³-hybridized carbons (Fsp3) is 1.00. The lowest BCUT2D eigenvalue weighted by molar-refractivity contribution is 0.0691. The minimum absolute atomic E-state index is 0.341. The van der Waals surface area contributed by atoms with E-state index in [1.807, 2.05) is 0 Å². The lowest BCUT2D eigenvalue weighted by Gasteiger charge is -2.43. The zero-order valence-electron chi connectivity index (χ0n) is 11.7. The van der Waals surface area contributed by atoms with Crippen LogP contribution in [0, 0.1) is 5.92 Å². The molecule has 2 aliphatic heterocycles. The van der Waals surface area contributed by atoms with E-state index < -0.39 is 0 Å². The first-order chi connectivity index (χ1) is 8.75. The summed E-state index contributed by atoms with van der Waals surface area (Å²) < 4.78 is 0. The molecule has 0 amide bonds. The Morgan fingerprint density at radius 3 is 2.61 bits per heavy atom. The van der Waals surface area contributed by atoms with Gasteiger partial charge in [0.2, 0.25) is 0 Å². The summed E-state index contributed by atoms with van der Waals surface area (Å²) in [5, 5.41) is 0.804. The maximum atomic E-state index is 6.22. The molecule has 0 aromatic carbocycles. The van der Waals surface area contributed by atoms with Gasteiger partial charge in [0.1, 0.15) is 0 Å². The molecule has 2 heterocycles. The number of hydrogen-bond donors (Lipinski definition) is 1. The van der Waals surface area contributed by atoms with E-state index >= 15 is 0 Å². The Morgan fingerprint density at radius 2 is 2.00 bits per heavy atom. The van der Waals surface area contributed by atoms with E-state index in [2.05, 4.69) is 23.6 Å². The van der Waals surface area contributed by atoms with Crippen molar-refractivity contribution in [1.82, 2.24) is 4.90 Å². The Kier molecular flexibility index (Phi) is 3.93. The van der Waals surface area contributed by atoms with E-state index in [4.69, 9.17) is 5.73 Å². The van der Waals surface area contributed by atoms with Crippen LogP contribution < -0.4 is 5.73 Å². The molecule has 0 aromatic rings. The van der Waals surface area contributed by atoms with Gasteiger partial charge in [-0.25, -0.2) is 0 Å². The Labute approximate surface area is 116 Å². The van der Waals surface area contributed by atoms with Crippen LogP contribution in [0.5, 0.6) is 0 Å². The summed E-state index contributed by atoms with van der Waals surface area (Å²) in [5.74, 6) is 2.25. The van der Waals surface area contributed by atoms with Crippen molar-refractivity contribution in [3.63, 3.8) is 0 Å². The van der Waals surface area contributed by atoms with Crippen molar-refractivity contribution in [3.05, 3.63) is 0 Å². The molecule has 3 atom stereocenters. The van der Waals surface area contributed by atoms with Crippen LogP contribution in [0.1, 0.15) is 51.9 Å². The smallest absolute Gasteiger partial charge is 0.0435 e. The molecule has 3 unspecified atom stereocenters. The molecule has 1 saturated carbocycles. The number of rotatable bonds is 3. The molecular formula is C15H28N2S. The van der Waals surface area contributed by atoms with Gasteiger partial charge in [0.15, 0.2) is 0 Å². The molecule has 0 spiro atoms. The van der Waals surface area contributed by atoms with Gasteiger partial charge >= 0.3 is 0 Å². The maximum Gasteiger partial charge on any atom is 0.0435 e. The molecule has 0 aromatic heterocycles. The highest BCUT2D eigenvalue weighted by Crippen LogP contribution is 2.45. The standard InChI is InChI=1S/C15H28N2S/c1-12-9-15(10-16,11-18-12)17-8-4-7-14(17)13-5-2-3-6-13/h12-14H,2-11,16H2,1H3. The van der Waals surface area contributed by atoms with E-state index in [1.165, 1.54) is 57.2 Å². The highest BCUT2D eigenvalue weighted by molar-refractivity contribution is 8.00. The first-order valence-corrected chi connectivity index (χ1v) is 8.88. The molecule has 104 valence electrons. The number of likely N-dealkylation sites (tertiary alicyclic amines) is 1. The summed E-state index contributed by atoms with van der Waals surface area (Å²) in [6.45, 7) is 4.56. The summed E-state index contributed by atoms with van der Waals surface area (Å²) in [5.41, 5.74) is 6.56. The van der Waals surface area contributed by atoms with E-state index in [0.29, 0.717) is 5.54 Å². The summed E-state index contributed by atoms with van der Waals surface area (Å²) in [7, 11) is 0. The molecule has 2 N–H and O–H groups in total. The number of nitrogens with zero attached hydrogens (tertiary/aromatic N) is 1. The third-order valence-electron chi connectivity index (χ3n) is 5.54. The lowest BCUT2D eigenvalue weighted by Crippen LogP contribution is -2.57. The van der Waals surface area contributed by atoms with Crippen molar-refractivity contribution >= 4 is 11.8 Å². The van der Waals surface area contributed by atoms with E-state index in [-0.39, 0.29) is 0 Å².